The first-order valence-corrected chi connectivity index (χ1v) is 6.52. The lowest BCUT2D eigenvalue weighted by atomic mass is 10.2. The predicted molar refractivity (Wildman–Crippen MR) is 80.4 cm³/mol. The summed E-state index contributed by atoms with van der Waals surface area (Å²) in [6.45, 7) is 0.545. The van der Waals surface area contributed by atoms with Gasteiger partial charge in [0, 0.05) is 0 Å². The standard InChI is InChI=1S/C16H18N2O2/c17-14-8-4-5-9-15(14)18-16(19)12-20-11-10-13-6-2-1-3-7-13/h1-9H,10-12,17H2,(H,18,19). The van der Waals surface area contributed by atoms with E-state index in [0.29, 0.717) is 18.0 Å². The Balaban J connectivity index is 1.69. The number of nitrogens with one attached hydrogen (secondary N) is 1. The van der Waals surface area contributed by atoms with E-state index in [9.17, 15) is 4.79 Å². The van der Waals surface area contributed by atoms with Crippen LogP contribution in [0.4, 0.5) is 11.4 Å². The highest BCUT2D eigenvalue weighted by atomic mass is 16.5. The maximum absolute atomic E-state index is 11.7. The van der Waals surface area contributed by atoms with Gasteiger partial charge in [0.1, 0.15) is 6.61 Å². The van der Waals surface area contributed by atoms with Gasteiger partial charge in [0.2, 0.25) is 5.91 Å². The normalized spacial score (nSPS) is 10.2. The smallest absolute Gasteiger partial charge is 0.250 e. The summed E-state index contributed by atoms with van der Waals surface area (Å²) in [5.74, 6) is -0.198. The highest BCUT2D eigenvalue weighted by Gasteiger charge is 2.04. The van der Waals surface area contributed by atoms with E-state index < -0.39 is 0 Å². The van der Waals surface area contributed by atoms with Crippen LogP contribution in [0.25, 0.3) is 0 Å². The van der Waals surface area contributed by atoms with Gasteiger partial charge in [0.25, 0.3) is 0 Å². The predicted octanol–water partition coefficient (Wildman–Crippen LogP) is 2.47. The van der Waals surface area contributed by atoms with Gasteiger partial charge in [-0.2, -0.15) is 0 Å². The van der Waals surface area contributed by atoms with Gasteiger partial charge in [0.05, 0.1) is 18.0 Å². The molecule has 2 aromatic carbocycles. The Morgan fingerprint density at radius 2 is 1.75 bits per heavy atom. The van der Waals surface area contributed by atoms with Crippen molar-refractivity contribution in [1.82, 2.24) is 0 Å². The third-order valence-electron chi connectivity index (χ3n) is 2.85. The lowest BCUT2D eigenvalue weighted by Crippen LogP contribution is -2.19. The first-order valence-electron chi connectivity index (χ1n) is 6.52. The summed E-state index contributed by atoms with van der Waals surface area (Å²) in [6.07, 6.45) is 0.793. The Bertz CT molecular complexity index is 555. The average molecular weight is 270 g/mol. The molecule has 0 fully saturated rings. The van der Waals surface area contributed by atoms with E-state index in [1.165, 1.54) is 5.56 Å². The molecule has 0 atom stereocenters. The number of benzene rings is 2. The van der Waals surface area contributed by atoms with Gasteiger partial charge in [0.15, 0.2) is 0 Å². The molecule has 20 heavy (non-hydrogen) atoms. The van der Waals surface area contributed by atoms with Crippen LogP contribution in [0, 0.1) is 0 Å². The number of carbonyl (C=O) groups is 1. The Hall–Kier alpha value is -2.33. The number of rotatable bonds is 6. The number of amides is 1. The first kappa shape index (κ1) is 14.1. The molecule has 4 heteroatoms. The SMILES string of the molecule is Nc1ccccc1NC(=O)COCCc1ccccc1. The monoisotopic (exact) mass is 270 g/mol. The van der Waals surface area contributed by atoms with Crippen LogP contribution in [-0.2, 0) is 16.0 Å². The van der Waals surface area contributed by atoms with Gasteiger partial charge in [-0.05, 0) is 24.1 Å². The van der Waals surface area contributed by atoms with E-state index >= 15 is 0 Å². The van der Waals surface area contributed by atoms with E-state index in [2.05, 4.69) is 5.32 Å². The van der Waals surface area contributed by atoms with E-state index in [1.54, 1.807) is 12.1 Å². The number of anilines is 2. The number of carbonyl (C=O) groups excluding carboxylic acids is 1. The zero-order valence-electron chi connectivity index (χ0n) is 11.2. The molecule has 2 rings (SSSR count). The van der Waals surface area contributed by atoms with Crippen LogP contribution in [0.15, 0.2) is 54.6 Å². The molecule has 0 aliphatic heterocycles. The molecule has 0 aromatic heterocycles. The minimum atomic E-state index is -0.198. The number of hydrogen-bond acceptors (Lipinski definition) is 3. The summed E-state index contributed by atoms with van der Waals surface area (Å²) in [6, 6.07) is 17.2. The molecule has 0 radical (unpaired) electrons. The maximum atomic E-state index is 11.7. The molecular weight excluding hydrogens is 252 g/mol. The molecule has 0 aliphatic carbocycles. The van der Waals surface area contributed by atoms with Gasteiger partial charge < -0.3 is 15.8 Å². The Morgan fingerprint density at radius 1 is 1.05 bits per heavy atom. The summed E-state index contributed by atoms with van der Waals surface area (Å²) < 4.78 is 5.36. The van der Waals surface area contributed by atoms with Crippen LogP contribution in [0.3, 0.4) is 0 Å². The number of hydrogen-bond donors (Lipinski definition) is 2. The fourth-order valence-corrected chi connectivity index (χ4v) is 1.80. The molecule has 104 valence electrons. The van der Waals surface area contributed by atoms with E-state index in [1.807, 2.05) is 42.5 Å². The van der Waals surface area contributed by atoms with E-state index in [0.717, 1.165) is 6.42 Å². The first-order chi connectivity index (χ1) is 9.75. The quantitative estimate of drug-likeness (QED) is 0.626. The number of para-hydroxylation sites is 2. The van der Waals surface area contributed by atoms with Gasteiger partial charge in [-0.3, -0.25) is 4.79 Å². The molecule has 0 bridgehead atoms. The maximum Gasteiger partial charge on any atom is 0.250 e. The summed E-state index contributed by atoms with van der Waals surface area (Å²) in [7, 11) is 0. The van der Waals surface area contributed by atoms with Crippen molar-refractivity contribution in [2.45, 2.75) is 6.42 Å². The molecular formula is C16H18N2O2. The largest absolute Gasteiger partial charge is 0.397 e. The highest BCUT2D eigenvalue weighted by Crippen LogP contribution is 2.16. The molecule has 0 heterocycles. The van der Waals surface area contributed by atoms with Crippen LogP contribution >= 0.6 is 0 Å². The lowest BCUT2D eigenvalue weighted by Gasteiger charge is -2.08. The minimum Gasteiger partial charge on any atom is -0.397 e. The second-order valence-corrected chi connectivity index (χ2v) is 4.42. The van der Waals surface area contributed by atoms with Crippen LogP contribution in [0.1, 0.15) is 5.56 Å². The summed E-state index contributed by atoms with van der Waals surface area (Å²) >= 11 is 0. The van der Waals surface area contributed by atoms with Crippen molar-refractivity contribution in [3.05, 3.63) is 60.2 Å². The zero-order chi connectivity index (χ0) is 14.2. The molecule has 0 unspecified atom stereocenters. The molecule has 3 N–H and O–H groups in total. The van der Waals surface area contributed by atoms with Crippen LogP contribution < -0.4 is 11.1 Å². The van der Waals surface area contributed by atoms with Crippen molar-refractivity contribution in [1.29, 1.82) is 0 Å². The average Bonchev–Trinajstić information content (AvgIpc) is 2.47. The topological polar surface area (TPSA) is 64.3 Å². The van der Waals surface area contributed by atoms with Gasteiger partial charge in [-0.15, -0.1) is 0 Å². The van der Waals surface area contributed by atoms with Crippen LogP contribution in [0.2, 0.25) is 0 Å². The third-order valence-corrected chi connectivity index (χ3v) is 2.85. The zero-order valence-corrected chi connectivity index (χ0v) is 11.2. The van der Waals surface area contributed by atoms with Gasteiger partial charge in [-0.1, -0.05) is 42.5 Å². The van der Waals surface area contributed by atoms with Gasteiger partial charge in [-0.25, -0.2) is 0 Å². The minimum absolute atomic E-state index is 0.0289. The Kier molecular flexibility index (Phi) is 5.15. The summed E-state index contributed by atoms with van der Waals surface area (Å²) in [4.78, 5) is 11.7. The summed E-state index contributed by atoms with van der Waals surface area (Å²) in [5.41, 5.74) is 8.10. The molecule has 0 saturated carbocycles. The van der Waals surface area contributed by atoms with E-state index in [4.69, 9.17) is 10.5 Å². The van der Waals surface area contributed by atoms with Crippen molar-refractivity contribution in [3.63, 3.8) is 0 Å². The molecule has 0 spiro atoms. The second-order valence-electron chi connectivity index (χ2n) is 4.42. The number of ether oxygens (including phenoxy) is 1. The number of nitrogen functional groups attached to an aromatic ring is 1. The van der Waals surface area contributed by atoms with Crippen molar-refractivity contribution < 1.29 is 9.53 Å². The Labute approximate surface area is 118 Å². The van der Waals surface area contributed by atoms with Crippen LogP contribution in [0.5, 0.6) is 0 Å². The fourth-order valence-electron chi connectivity index (χ4n) is 1.80. The van der Waals surface area contributed by atoms with Crippen molar-refractivity contribution >= 4 is 17.3 Å². The Morgan fingerprint density at radius 3 is 2.50 bits per heavy atom. The molecule has 1 amide bonds. The van der Waals surface area contributed by atoms with Crippen LogP contribution in [-0.4, -0.2) is 19.1 Å². The molecule has 0 aliphatic rings. The summed E-state index contributed by atoms with van der Waals surface area (Å²) in [5, 5.41) is 2.72. The third kappa shape index (κ3) is 4.40. The molecule has 2 aromatic rings. The van der Waals surface area contributed by atoms with Crippen molar-refractivity contribution in [2.75, 3.05) is 24.3 Å². The highest BCUT2D eigenvalue weighted by molar-refractivity contribution is 5.94. The second kappa shape index (κ2) is 7.31. The lowest BCUT2D eigenvalue weighted by molar-refractivity contribution is -0.120. The van der Waals surface area contributed by atoms with Crippen molar-refractivity contribution in [2.24, 2.45) is 0 Å². The fraction of sp³-hybridized carbons (Fsp3) is 0.188. The van der Waals surface area contributed by atoms with E-state index in [-0.39, 0.29) is 12.5 Å². The van der Waals surface area contributed by atoms with Gasteiger partial charge >= 0.3 is 0 Å². The van der Waals surface area contributed by atoms with Crippen molar-refractivity contribution in [3.8, 4) is 0 Å². The molecule has 4 nitrogen and oxygen atoms in total. The molecule has 0 saturated heterocycles. The number of nitrogens with two attached hydrogens (primary N) is 1.